The number of Topliss-reactive ketones (excluding diaryl/α,β-unsaturated/α-hetero) is 1. The molecule has 0 amide bonds. The van der Waals surface area contributed by atoms with Crippen LogP contribution in [-0.2, 0) is 22.6 Å². The molecule has 4 aromatic rings. The highest BCUT2D eigenvalue weighted by Crippen LogP contribution is 2.39. The highest BCUT2D eigenvalue weighted by molar-refractivity contribution is 7.22. The predicted molar refractivity (Wildman–Crippen MR) is 137 cm³/mol. The number of benzene rings is 1. The Morgan fingerprint density at radius 2 is 1.92 bits per heavy atom. The number of nitrogens with one attached hydrogen (secondary N) is 1. The summed E-state index contributed by atoms with van der Waals surface area (Å²) in [5.41, 5.74) is 3.31. The Labute approximate surface area is 212 Å². The maximum absolute atomic E-state index is 14.8. The van der Waals surface area contributed by atoms with Crippen LogP contribution in [0.5, 0.6) is 11.5 Å². The van der Waals surface area contributed by atoms with E-state index in [-0.39, 0.29) is 24.1 Å². The number of halogens is 1. The number of ether oxygens (including phenoxy) is 2. The summed E-state index contributed by atoms with van der Waals surface area (Å²) in [5.74, 6) is 0.876. The van der Waals surface area contributed by atoms with Crippen LogP contribution in [0.25, 0.3) is 20.8 Å². The van der Waals surface area contributed by atoms with Gasteiger partial charge in [-0.25, -0.2) is 4.39 Å². The molecule has 0 bridgehead atoms. The van der Waals surface area contributed by atoms with Crippen molar-refractivity contribution in [1.82, 2.24) is 15.3 Å². The molecule has 1 aliphatic carbocycles. The fraction of sp³-hybridized carbons (Fsp3) is 0.321. The number of aromatic nitrogens is 2. The van der Waals surface area contributed by atoms with E-state index in [9.17, 15) is 9.18 Å². The lowest BCUT2D eigenvalue weighted by Gasteiger charge is -2.27. The summed E-state index contributed by atoms with van der Waals surface area (Å²) in [6, 6.07) is 12.5. The van der Waals surface area contributed by atoms with Gasteiger partial charge in [-0.3, -0.25) is 14.8 Å². The van der Waals surface area contributed by atoms with Crippen molar-refractivity contribution in [3.8, 4) is 22.1 Å². The van der Waals surface area contributed by atoms with Crippen LogP contribution in [0.1, 0.15) is 30.4 Å². The normalized spacial score (nSPS) is 15.7. The number of rotatable bonds is 10. The molecule has 1 aliphatic heterocycles. The molecule has 4 heterocycles. The van der Waals surface area contributed by atoms with E-state index in [2.05, 4.69) is 15.3 Å². The summed E-state index contributed by atoms with van der Waals surface area (Å²) in [5, 5.41) is 3.19. The molecule has 6 rings (SSSR count). The van der Waals surface area contributed by atoms with Gasteiger partial charge in [0, 0.05) is 44.4 Å². The average Bonchev–Trinajstić information content (AvgIpc) is 3.54. The first-order chi connectivity index (χ1) is 17.6. The molecule has 3 aromatic heterocycles. The summed E-state index contributed by atoms with van der Waals surface area (Å²) in [7, 11) is 0. The summed E-state index contributed by atoms with van der Waals surface area (Å²) < 4.78 is 27.4. The van der Waals surface area contributed by atoms with Gasteiger partial charge >= 0.3 is 0 Å². The SMILES string of the molecule is O=C(Cc1ccc(Oc2ccnc3cc(-c4ccc(COC5CNC5)cn4)sc23)c(F)c1)CC1CC1. The zero-order chi connectivity index (χ0) is 24.5. The van der Waals surface area contributed by atoms with Gasteiger partial charge in [-0.15, -0.1) is 11.3 Å². The highest BCUT2D eigenvalue weighted by Gasteiger charge is 2.24. The highest BCUT2D eigenvalue weighted by atomic mass is 32.1. The molecule has 1 N–H and O–H groups in total. The fourth-order valence-electron chi connectivity index (χ4n) is 4.17. The maximum Gasteiger partial charge on any atom is 0.166 e. The van der Waals surface area contributed by atoms with Crippen molar-refractivity contribution in [1.29, 1.82) is 0 Å². The van der Waals surface area contributed by atoms with Crippen LogP contribution in [0, 0.1) is 11.7 Å². The molecule has 0 radical (unpaired) electrons. The third kappa shape index (κ3) is 5.31. The molecule has 1 saturated heterocycles. The van der Waals surface area contributed by atoms with Gasteiger partial charge < -0.3 is 14.8 Å². The van der Waals surface area contributed by atoms with Crippen molar-refractivity contribution >= 4 is 27.3 Å². The van der Waals surface area contributed by atoms with Crippen LogP contribution in [0.4, 0.5) is 4.39 Å². The molecule has 184 valence electrons. The molecule has 0 atom stereocenters. The van der Waals surface area contributed by atoms with E-state index in [0.29, 0.717) is 30.3 Å². The first-order valence-electron chi connectivity index (χ1n) is 12.2. The van der Waals surface area contributed by atoms with Crippen LogP contribution < -0.4 is 10.1 Å². The molecule has 8 heteroatoms. The number of hydrogen-bond donors (Lipinski definition) is 1. The number of thiophene rings is 1. The summed E-state index contributed by atoms with van der Waals surface area (Å²) in [4.78, 5) is 22.2. The Hall–Kier alpha value is -3.20. The van der Waals surface area contributed by atoms with Crippen molar-refractivity contribution in [2.45, 2.75) is 38.4 Å². The largest absolute Gasteiger partial charge is 0.453 e. The van der Waals surface area contributed by atoms with Crippen molar-refractivity contribution < 1.29 is 18.7 Å². The molecule has 0 unspecified atom stereocenters. The lowest BCUT2D eigenvalue weighted by molar-refractivity contribution is -0.118. The Balaban J connectivity index is 1.17. The lowest BCUT2D eigenvalue weighted by atomic mass is 10.0. The topological polar surface area (TPSA) is 73.3 Å². The van der Waals surface area contributed by atoms with E-state index in [1.807, 2.05) is 24.4 Å². The minimum absolute atomic E-state index is 0.125. The van der Waals surface area contributed by atoms with Crippen LogP contribution in [0.2, 0.25) is 0 Å². The monoisotopic (exact) mass is 503 g/mol. The first kappa shape index (κ1) is 23.2. The van der Waals surface area contributed by atoms with Crippen molar-refractivity contribution in [3.05, 3.63) is 71.8 Å². The maximum atomic E-state index is 14.8. The fourth-order valence-corrected chi connectivity index (χ4v) is 5.21. The third-order valence-corrected chi connectivity index (χ3v) is 7.67. The zero-order valence-electron chi connectivity index (χ0n) is 19.7. The van der Waals surface area contributed by atoms with Crippen molar-refractivity contribution in [2.75, 3.05) is 13.1 Å². The van der Waals surface area contributed by atoms with Crippen LogP contribution in [0.15, 0.2) is 54.9 Å². The molecular formula is C28H26FN3O3S. The Bertz CT molecular complexity index is 1400. The molecule has 2 fully saturated rings. The number of hydrogen-bond acceptors (Lipinski definition) is 7. The Morgan fingerprint density at radius 1 is 1.06 bits per heavy atom. The molecule has 2 aliphatic rings. The van der Waals surface area contributed by atoms with Gasteiger partial charge in [-0.2, -0.15) is 0 Å². The van der Waals surface area contributed by atoms with Gasteiger partial charge in [-0.1, -0.05) is 12.1 Å². The second-order valence-electron chi connectivity index (χ2n) is 9.51. The van der Waals surface area contributed by atoms with Gasteiger partial charge in [0.05, 0.1) is 33.5 Å². The van der Waals surface area contributed by atoms with E-state index >= 15 is 0 Å². The first-order valence-corrected chi connectivity index (χ1v) is 13.1. The van der Waals surface area contributed by atoms with Crippen LogP contribution >= 0.6 is 11.3 Å². The number of carbonyl (C=O) groups excluding carboxylic acids is 1. The van der Waals surface area contributed by atoms with Gasteiger partial charge in [0.1, 0.15) is 11.5 Å². The summed E-state index contributed by atoms with van der Waals surface area (Å²) in [6.45, 7) is 2.35. The van der Waals surface area contributed by atoms with Gasteiger partial charge in [-0.05, 0) is 54.2 Å². The number of ketones is 1. The van der Waals surface area contributed by atoms with Crippen molar-refractivity contribution in [2.24, 2.45) is 5.92 Å². The van der Waals surface area contributed by atoms with E-state index < -0.39 is 5.82 Å². The number of fused-ring (bicyclic) bond motifs is 1. The minimum atomic E-state index is -0.481. The number of pyridine rings is 2. The predicted octanol–water partition coefficient (Wildman–Crippen LogP) is 5.69. The molecule has 6 nitrogen and oxygen atoms in total. The number of nitrogens with zero attached hydrogens (tertiary/aromatic N) is 2. The molecule has 1 aromatic carbocycles. The second kappa shape index (κ2) is 10.0. The summed E-state index contributed by atoms with van der Waals surface area (Å²) in [6.07, 6.45) is 6.89. The third-order valence-electron chi connectivity index (χ3n) is 6.51. The van der Waals surface area contributed by atoms with E-state index in [1.165, 1.54) is 17.4 Å². The van der Waals surface area contributed by atoms with Gasteiger partial charge in [0.2, 0.25) is 0 Å². The van der Waals surface area contributed by atoms with E-state index in [1.54, 1.807) is 24.4 Å². The number of carbonyl (C=O) groups is 1. The average molecular weight is 504 g/mol. The van der Waals surface area contributed by atoms with Crippen molar-refractivity contribution in [3.63, 3.8) is 0 Å². The Morgan fingerprint density at radius 3 is 2.64 bits per heavy atom. The lowest BCUT2D eigenvalue weighted by Crippen LogP contribution is -2.48. The molecule has 0 spiro atoms. The van der Waals surface area contributed by atoms with E-state index in [0.717, 1.165) is 52.3 Å². The van der Waals surface area contributed by atoms with Gasteiger partial charge in [0.25, 0.3) is 0 Å². The standard InChI is InChI=1S/C28H26FN3O3S/c29-22-11-18(10-20(33)9-17-1-2-17)4-6-25(22)35-26-7-8-31-24-12-27(36-28(24)26)23-5-3-19(13-32-23)16-34-21-14-30-15-21/h3-8,11-13,17,21,30H,1-2,9-10,14-16H2. The molecule has 36 heavy (non-hydrogen) atoms. The zero-order valence-corrected chi connectivity index (χ0v) is 20.5. The molecular weight excluding hydrogens is 477 g/mol. The van der Waals surface area contributed by atoms with Gasteiger partial charge in [0.15, 0.2) is 11.6 Å². The van der Waals surface area contributed by atoms with Crippen LogP contribution in [-0.4, -0.2) is 34.9 Å². The quantitative estimate of drug-likeness (QED) is 0.300. The second-order valence-corrected chi connectivity index (χ2v) is 10.6. The minimum Gasteiger partial charge on any atom is -0.453 e. The van der Waals surface area contributed by atoms with Crippen LogP contribution in [0.3, 0.4) is 0 Å². The Kier molecular flexibility index (Phi) is 6.48. The summed E-state index contributed by atoms with van der Waals surface area (Å²) >= 11 is 1.51. The smallest absolute Gasteiger partial charge is 0.166 e. The molecule has 1 saturated carbocycles. The van der Waals surface area contributed by atoms with E-state index in [4.69, 9.17) is 9.47 Å².